The van der Waals surface area contributed by atoms with E-state index in [0.29, 0.717) is 18.9 Å². The Kier molecular flexibility index (Phi) is 8.10. The summed E-state index contributed by atoms with van der Waals surface area (Å²) in [4.78, 5) is 12.8. The van der Waals surface area contributed by atoms with Crippen LogP contribution in [0.1, 0.15) is 18.1 Å². The number of rotatable bonds is 7. The molecule has 0 aliphatic carbocycles. The number of para-hydroxylation sites is 1. The van der Waals surface area contributed by atoms with Gasteiger partial charge in [0.2, 0.25) is 10.0 Å². The molecular weight excluding hydrogens is 464 g/mol. The summed E-state index contributed by atoms with van der Waals surface area (Å²) in [6, 6.07) is 11.8. The Balaban J connectivity index is 1.82. The van der Waals surface area contributed by atoms with Gasteiger partial charge >= 0.3 is 0 Å². The number of nitriles is 1. The number of anilines is 2. The maximum Gasteiger partial charge on any atom is 0.267 e. The van der Waals surface area contributed by atoms with Gasteiger partial charge in [0.1, 0.15) is 11.6 Å². The molecule has 174 valence electrons. The highest BCUT2D eigenvalue weighted by molar-refractivity contribution is 7.89. The third-order valence-corrected chi connectivity index (χ3v) is 7.49. The first-order valence-electron chi connectivity index (χ1n) is 10.4. The van der Waals surface area contributed by atoms with Crippen molar-refractivity contribution in [2.75, 3.05) is 36.9 Å². The lowest BCUT2D eigenvalue weighted by molar-refractivity contribution is -0.112. The van der Waals surface area contributed by atoms with Gasteiger partial charge in [0, 0.05) is 25.0 Å². The normalized spacial score (nSPS) is 15.0. The fourth-order valence-electron chi connectivity index (χ4n) is 3.39. The zero-order chi connectivity index (χ0) is 24.0. The highest BCUT2D eigenvalue weighted by Gasteiger charge is 2.27. The molecule has 10 heteroatoms. The van der Waals surface area contributed by atoms with Crippen molar-refractivity contribution in [3.63, 3.8) is 0 Å². The second kappa shape index (κ2) is 10.8. The van der Waals surface area contributed by atoms with Crippen LogP contribution in [-0.4, -0.2) is 44.9 Å². The van der Waals surface area contributed by atoms with E-state index in [1.54, 1.807) is 0 Å². The predicted molar refractivity (Wildman–Crippen MR) is 128 cm³/mol. The summed E-state index contributed by atoms with van der Waals surface area (Å²) in [5.74, 6) is -0.581. The number of hydrogen-bond donors (Lipinski definition) is 2. The minimum absolute atomic E-state index is 0.0557. The van der Waals surface area contributed by atoms with E-state index in [-0.39, 0.29) is 34.3 Å². The number of amides is 1. The van der Waals surface area contributed by atoms with E-state index in [9.17, 15) is 18.5 Å². The topological polar surface area (TPSA) is 112 Å². The smallest absolute Gasteiger partial charge is 0.267 e. The van der Waals surface area contributed by atoms with Gasteiger partial charge in [-0.3, -0.25) is 4.79 Å². The first-order valence-corrected chi connectivity index (χ1v) is 12.2. The minimum atomic E-state index is -3.73. The van der Waals surface area contributed by atoms with Gasteiger partial charge in [0.25, 0.3) is 5.91 Å². The van der Waals surface area contributed by atoms with Gasteiger partial charge in [-0.2, -0.15) is 9.57 Å². The van der Waals surface area contributed by atoms with E-state index in [1.165, 1.54) is 28.7 Å². The molecular formula is C23H25ClN4O4S. The number of benzene rings is 2. The molecule has 1 amide bonds. The fraction of sp³-hybridized carbons (Fsp3) is 0.304. The molecule has 0 atom stereocenters. The van der Waals surface area contributed by atoms with Crippen molar-refractivity contribution >= 4 is 38.9 Å². The summed E-state index contributed by atoms with van der Waals surface area (Å²) in [6.45, 7) is 5.07. The highest BCUT2D eigenvalue weighted by Crippen LogP contribution is 2.28. The Morgan fingerprint density at radius 1 is 1.27 bits per heavy atom. The van der Waals surface area contributed by atoms with Gasteiger partial charge in [-0.15, -0.1) is 0 Å². The van der Waals surface area contributed by atoms with Crippen LogP contribution >= 0.6 is 11.6 Å². The molecule has 33 heavy (non-hydrogen) atoms. The summed E-state index contributed by atoms with van der Waals surface area (Å²) in [7, 11) is -3.73. The van der Waals surface area contributed by atoms with Gasteiger partial charge in [-0.25, -0.2) is 8.42 Å². The summed E-state index contributed by atoms with van der Waals surface area (Å²) in [6.07, 6.45) is 1.94. The number of carbonyl (C=O) groups excluding carboxylic acids is 1. The zero-order valence-corrected chi connectivity index (χ0v) is 20.0. The SMILES string of the molecule is CCc1cccc(C)c1NC(=O)/C(C#N)=C\Nc1cc(S(=O)(=O)N2CCOCC2)ccc1Cl. The van der Waals surface area contributed by atoms with Crippen LogP contribution in [0.2, 0.25) is 5.02 Å². The number of nitrogens with one attached hydrogen (secondary N) is 2. The van der Waals surface area contributed by atoms with Gasteiger partial charge in [-0.1, -0.05) is 36.7 Å². The van der Waals surface area contributed by atoms with Crippen molar-refractivity contribution in [2.24, 2.45) is 0 Å². The zero-order valence-electron chi connectivity index (χ0n) is 18.4. The lowest BCUT2D eigenvalue weighted by Gasteiger charge is -2.26. The van der Waals surface area contributed by atoms with Crippen molar-refractivity contribution in [1.29, 1.82) is 5.26 Å². The van der Waals surface area contributed by atoms with Crippen LogP contribution < -0.4 is 10.6 Å². The van der Waals surface area contributed by atoms with E-state index in [1.807, 2.05) is 38.1 Å². The van der Waals surface area contributed by atoms with Crippen LogP contribution in [0.25, 0.3) is 0 Å². The second-order valence-corrected chi connectivity index (χ2v) is 9.73. The van der Waals surface area contributed by atoms with Crippen molar-refractivity contribution < 1.29 is 17.9 Å². The summed E-state index contributed by atoms with van der Waals surface area (Å²) in [5, 5.41) is 15.3. The van der Waals surface area contributed by atoms with Crippen molar-refractivity contribution in [1.82, 2.24) is 4.31 Å². The Morgan fingerprint density at radius 2 is 2.00 bits per heavy atom. The van der Waals surface area contributed by atoms with Crippen LogP contribution in [0.5, 0.6) is 0 Å². The molecule has 0 unspecified atom stereocenters. The molecule has 0 spiro atoms. The van der Waals surface area contributed by atoms with Gasteiger partial charge in [0.05, 0.1) is 28.8 Å². The number of aryl methyl sites for hydroxylation is 2. The minimum Gasteiger partial charge on any atom is -0.379 e. The Bertz CT molecular complexity index is 1220. The van der Waals surface area contributed by atoms with Crippen molar-refractivity contribution in [2.45, 2.75) is 25.2 Å². The van der Waals surface area contributed by atoms with Crippen LogP contribution in [0.3, 0.4) is 0 Å². The van der Waals surface area contributed by atoms with Crippen molar-refractivity contribution in [3.8, 4) is 6.07 Å². The maximum atomic E-state index is 12.9. The van der Waals surface area contributed by atoms with E-state index in [4.69, 9.17) is 16.3 Å². The molecule has 0 aromatic heterocycles. The molecule has 0 radical (unpaired) electrons. The molecule has 2 N–H and O–H groups in total. The largest absolute Gasteiger partial charge is 0.379 e. The second-order valence-electron chi connectivity index (χ2n) is 7.39. The summed E-state index contributed by atoms with van der Waals surface area (Å²) < 4.78 is 32.4. The summed E-state index contributed by atoms with van der Waals surface area (Å²) in [5.41, 5.74) is 2.59. The number of ether oxygens (including phenoxy) is 1. The molecule has 0 bridgehead atoms. The molecule has 1 saturated heterocycles. The Labute approximate surface area is 198 Å². The third kappa shape index (κ3) is 5.72. The monoisotopic (exact) mass is 488 g/mol. The molecule has 1 fully saturated rings. The molecule has 2 aromatic rings. The molecule has 1 aliphatic heterocycles. The number of sulfonamides is 1. The summed E-state index contributed by atoms with van der Waals surface area (Å²) >= 11 is 6.22. The van der Waals surface area contributed by atoms with Crippen LogP contribution in [0.4, 0.5) is 11.4 Å². The standard InChI is InChI=1S/C23H25ClN4O4S/c1-3-17-6-4-5-16(2)22(17)27-23(29)18(14-25)15-26-21-13-19(7-8-20(21)24)33(30,31)28-9-11-32-12-10-28/h4-8,13,15,26H,3,9-12H2,1-2H3,(H,27,29)/b18-15-. The van der Waals surface area contributed by atoms with Crippen molar-refractivity contribution in [3.05, 3.63) is 64.3 Å². The average Bonchev–Trinajstić information content (AvgIpc) is 2.82. The first kappa shape index (κ1) is 24.7. The predicted octanol–water partition coefficient (Wildman–Crippen LogP) is 3.69. The molecule has 2 aromatic carbocycles. The van der Waals surface area contributed by atoms with Gasteiger partial charge in [-0.05, 0) is 42.7 Å². The molecule has 1 aliphatic rings. The fourth-order valence-corrected chi connectivity index (χ4v) is 5.00. The van der Waals surface area contributed by atoms with Crippen LogP contribution in [0, 0.1) is 18.3 Å². The van der Waals surface area contributed by atoms with E-state index in [0.717, 1.165) is 17.5 Å². The van der Waals surface area contributed by atoms with E-state index in [2.05, 4.69) is 10.6 Å². The number of halogens is 1. The lowest BCUT2D eigenvalue weighted by Crippen LogP contribution is -2.40. The van der Waals surface area contributed by atoms with Crippen LogP contribution in [-0.2, 0) is 26.0 Å². The van der Waals surface area contributed by atoms with E-state index < -0.39 is 15.9 Å². The lowest BCUT2D eigenvalue weighted by atomic mass is 10.1. The number of morpholine rings is 1. The highest BCUT2D eigenvalue weighted by atomic mass is 35.5. The van der Waals surface area contributed by atoms with Crippen LogP contribution in [0.15, 0.2) is 53.1 Å². The number of carbonyl (C=O) groups is 1. The van der Waals surface area contributed by atoms with E-state index >= 15 is 0 Å². The maximum absolute atomic E-state index is 12.9. The van der Waals surface area contributed by atoms with Gasteiger partial charge < -0.3 is 15.4 Å². The third-order valence-electron chi connectivity index (χ3n) is 5.26. The molecule has 1 heterocycles. The quantitative estimate of drug-likeness (QED) is 0.454. The first-order chi connectivity index (χ1) is 15.8. The Morgan fingerprint density at radius 3 is 2.67 bits per heavy atom. The number of nitrogens with zero attached hydrogens (tertiary/aromatic N) is 2. The molecule has 8 nitrogen and oxygen atoms in total. The molecule has 3 rings (SSSR count). The molecule has 0 saturated carbocycles. The Hall–Kier alpha value is -2.90. The average molecular weight is 489 g/mol. The van der Waals surface area contributed by atoms with Gasteiger partial charge in [0.15, 0.2) is 0 Å². The number of hydrogen-bond acceptors (Lipinski definition) is 6.